The van der Waals surface area contributed by atoms with E-state index in [0.29, 0.717) is 38.1 Å². The van der Waals surface area contributed by atoms with E-state index < -0.39 is 5.97 Å². The van der Waals surface area contributed by atoms with Gasteiger partial charge in [-0.3, -0.25) is 4.98 Å². The fourth-order valence-corrected chi connectivity index (χ4v) is 2.92. The second-order valence-electron chi connectivity index (χ2n) is 5.39. The quantitative estimate of drug-likeness (QED) is 0.646. The van der Waals surface area contributed by atoms with Crippen LogP contribution in [0.25, 0.3) is 10.9 Å². The number of hydrogen-bond acceptors (Lipinski definition) is 4. The number of carboxylic acid groups (broad SMARTS) is 1. The van der Waals surface area contributed by atoms with Crippen LogP contribution in [0.15, 0.2) is 36.5 Å². The van der Waals surface area contributed by atoms with Crippen molar-refractivity contribution in [3.63, 3.8) is 0 Å². The number of nitrogens with zero attached hydrogens (tertiary/aromatic N) is 1. The summed E-state index contributed by atoms with van der Waals surface area (Å²) in [5.74, 6) is -0.554. The summed E-state index contributed by atoms with van der Waals surface area (Å²) < 4.78 is 5.32. The summed E-state index contributed by atoms with van der Waals surface area (Å²) in [6, 6.07) is 8.52. The summed E-state index contributed by atoms with van der Waals surface area (Å²) in [6.07, 6.45) is 1.31. The fraction of sp³-hybridized carbons (Fsp3) is 0.111. The van der Waals surface area contributed by atoms with Gasteiger partial charge < -0.3 is 15.2 Å². The van der Waals surface area contributed by atoms with Crippen LogP contribution in [0.1, 0.15) is 15.9 Å². The molecule has 0 aliphatic heterocycles. The largest absolute Gasteiger partial charge is 0.495 e. The maximum atomic E-state index is 11.7. The van der Waals surface area contributed by atoms with Gasteiger partial charge in [0.25, 0.3) is 0 Å². The van der Waals surface area contributed by atoms with Crippen molar-refractivity contribution in [3.05, 3.63) is 57.7 Å². The number of aromatic nitrogens is 1. The number of ether oxygens (including phenoxy) is 1. The molecule has 128 valence electrons. The normalized spacial score (nSPS) is 10.7. The smallest absolute Gasteiger partial charge is 0.339 e. The molecule has 0 saturated heterocycles. The Morgan fingerprint density at radius 3 is 2.68 bits per heavy atom. The second kappa shape index (κ2) is 6.78. The molecule has 3 rings (SSSR count). The van der Waals surface area contributed by atoms with E-state index in [1.165, 1.54) is 13.3 Å². The van der Waals surface area contributed by atoms with Crippen molar-refractivity contribution < 1.29 is 14.6 Å². The zero-order chi connectivity index (χ0) is 18.1. The Kier molecular flexibility index (Phi) is 4.70. The molecule has 0 fully saturated rings. The first-order chi connectivity index (χ1) is 11.9. The van der Waals surface area contributed by atoms with Crippen LogP contribution < -0.4 is 10.1 Å². The second-order valence-corrected chi connectivity index (χ2v) is 6.23. The highest BCUT2D eigenvalue weighted by molar-refractivity contribution is 6.32. The molecular weight excluding hydrogens is 363 g/mol. The SMILES string of the molecule is COc1ccc(Cl)cc1Nc1c(C(=O)O)cnc2c(C)c(Cl)ccc12. The third-order valence-electron chi connectivity index (χ3n) is 3.88. The number of halogens is 2. The maximum Gasteiger partial charge on any atom is 0.339 e. The topological polar surface area (TPSA) is 71.5 Å². The standard InChI is InChI=1S/C18H14Cl2N2O3/c1-9-13(20)5-4-11-16(9)21-8-12(18(23)24)17(11)22-14-7-10(19)3-6-15(14)25-2/h3-8H,1-2H3,(H,21,22)(H,23,24). The van der Waals surface area contributed by atoms with Crippen molar-refractivity contribution in [2.24, 2.45) is 0 Å². The van der Waals surface area contributed by atoms with Crippen LogP contribution in [0.3, 0.4) is 0 Å². The Morgan fingerprint density at radius 1 is 1.24 bits per heavy atom. The van der Waals surface area contributed by atoms with Gasteiger partial charge in [-0.15, -0.1) is 0 Å². The van der Waals surface area contributed by atoms with Crippen molar-refractivity contribution in [1.29, 1.82) is 0 Å². The van der Waals surface area contributed by atoms with E-state index in [4.69, 9.17) is 27.9 Å². The summed E-state index contributed by atoms with van der Waals surface area (Å²) >= 11 is 12.2. The first-order valence-corrected chi connectivity index (χ1v) is 8.09. The molecule has 2 aromatic carbocycles. The van der Waals surface area contributed by atoms with Crippen molar-refractivity contribution >= 4 is 51.4 Å². The van der Waals surface area contributed by atoms with Crippen LogP contribution in [-0.4, -0.2) is 23.2 Å². The summed E-state index contributed by atoms with van der Waals surface area (Å²) in [6.45, 7) is 1.84. The van der Waals surface area contributed by atoms with Gasteiger partial charge in [0.05, 0.1) is 24.0 Å². The van der Waals surface area contributed by atoms with E-state index in [9.17, 15) is 9.90 Å². The number of hydrogen-bond donors (Lipinski definition) is 2. The lowest BCUT2D eigenvalue weighted by Crippen LogP contribution is -2.06. The minimum absolute atomic E-state index is 0.0382. The predicted octanol–water partition coefficient (Wildman–Crippen LogP) is 5.30. The van der Waals surface area contributed by atoms with Crippen LogP contribution >= 0.6 is 23.2 Å². The molecule has 0 spiro atoms. The van der Waals surface area contributed by atoms with Gasteiger partial charge in [0.2, 0.25) is 0 Å². The molecule has 1 aromatic heterocycles. The molecule has 5 nitrogen and oxygen atoms in total. The van der Waals surface area contributed by atoms with Crippen LogP contribution in [0.5, 0.6) is 5.75 Å². The van der Waals surface area contributed by atoms with Crippen LogP contribution in [0.2, 0.25) is 10.0 Å². The highest BCUT2D eigenvalue weighted by Crippen LogP contribution is 2.36. The van der Waals surface area contributed by atoms with Gasteiger partial charge in [-0.1, -0.05) is 23.2 Å². The average molecular weight is 377 g/mol. The van der Waals surface area contributed by atoms with Crippen molar-refractivity contribution in [3.8, 4) is 5.75 Å². The highest BCUT2D eigenvalue weighted by atomic mass is 35.5. The molecule has 2 N–H and O–H groups in total. The van der Waals surface area contributed by atoms with Gasteiger partial charge in [-0.2, -0.15) is 0 Å². The molecule has 0 saturated carbocycles. The number of nitrogens with one attached hydrogen (secondary N) is 1. The molecule has 7 heteroatoms. The number of carboxylic acids is 1. The van der Waals surface area contributed by atoms with E-state index in [1.54, 1.807) is 30.3 Å². The number of fused-ring (bicyclic) bond motifs is 1. The Morgan fingerprint density at radius 2 is 2.00 bits per heavy atom. The first-order valence-electron chi connectivity index (χ1n) is 7.34. The van der Waals surface area contributed by atoms with Crippen LogP contribution in [-0.2, 0) is 0 Å². The minimum atomic E-state index is -1.09. The maximum absolute atomic E-state index is 11.7. The molecular formula is C18H14Cl2N2O3. The summed E-state index contributed by atoms with van der Waals surface area (Å²) in [5, 5.41) is 14.4. The molecule has 0 aliphatic carbocycles. The van der Waals surface area contributed by atoms with Crippen molar-refractivity contribution in [2.75, 3.05) is 12.4 Å². The third kappa shape index (κ3) is 3.21. The Balaban J connectivity index is 2.27. The average Bonchev–Trinajstić information content (AvgIpc) is 2.58. The van der Waals surface area contributed by atoms with E-state index in [1.807, 2.05) is 6.92 Å². The Labute approximate surface area is 154 Å². The van der Waals surface area contributed by atoms with Gasteiger partial charge in [0.1, 0.15) is 11.3 Å². The molecule has 3 aromatic rings. The van der Waals surface area contributed by atoms with E-state index in [2.05, 4.69) is 10.3 Å². The molecule has 0 aliphatic rings. The fourth-order valence-electron chi connectivity index (χ4n) is 2.59. The Bertz CT molecular complexity index is 990. The van der Waals surface area contributed by atoms with Crippen molar-refractivity contribution in [2.45, 2.75) is 6.92 Å². The number of pyridine rings is 1. The lowest BCUT2D eigenvalue weighted by molar-refractivity contribution is 0.0697. The Hall–Kier alpha value is -2.50. The third-order valence-corrected chi connectivity index (χ3v) is 4.52. The number of rotatable bonds is 4. The molecule has 0 amide bonds. The van der Waals surface area contributed by atoms with Gasteiger partial charge in [-0.25, -0.2) is 4.79 Å². The minimum Gasteiger partial charge on any atom is -0.495 e. The summed E-state index contributed by atoms with van der Waals surface area (Å²) in [4.78, 5) is 15.9. The van der Waals surface area contributed by atoms with Gasteiger partial charge in [0.15, 0.2) is 0 Å². The number of benzene rings is 2. The zero-order valence-corrected chi connectivity index (χ0v) is 14.9. The molecule has 25 heavy (non-hydrogen) atoms. The van der Waals surface area contributed by atoms with Gasteiger partial charge >= 0.3 is 5.97 Å². The van der Waals surface area contributed by atoms with Crippen LogP contribution in [0.4, 0.5) is 11.4 Å². The van der Waals surface area contributed by atoms with E-state index in [0.717, 1.165) is 5.56 Å². The molecule has 0 radical (unpaired) electrons. The lowest BCUT2D eigenvalue weighted by atomic mass is 10.1. The summed E-state index contributed by atoms with van der Waals surface area (Å²) in [7, 11) is 1.53. The van der Waals surface area contributed by atoms with Gasteiger partial charge in [0, 0.05) is 21.6 Å². The molecule has 1 heterocycles. The number of anilines is 2. The predicted molar refractivity (Wildman–Crippen MR) is 99.7 cm³/mol. The molecule has 0 atom stereocenters. The molecule has 0 bridgehead atoms. The zero-order valence-electron chi connectivity index (χ0n) is 13.4. The van der Waals surface area contributed by atoms with Crippen molar-refractivity contribution in [1.82, 2.24) is 4.98 Å². The highest BCUT2D eigenvalue weighted by Gasteiger charge is 2.18. The van der Waals surface area contributed by atoms with E-state index >= 15 is 0 Å². The van der Waals surface area contributed by atoms with Crippen LogP contribution in [0, 0.1) is 6.92 Å². The monoisotopic (exact) mass is 376 g/mol. The lowest BCUT2D eigenvalue weighted by Gasteiger charge is -2.16. The summed E-state index contributed by atoms with van der Waals surface area (Å²) in [5.41, 5.74) is 2.39. The number of aromatic carboxylic acids is 1. The van der Waals surface area contributed by atoms with Gasteiger partial charge in [-0.05, 0) is 42.8 Å². The number of methoxy groups -OCH3 is 1. The van der Waals surface area contributed by atoms with E-state index in [-0.39, 0.29) is 5.56 Å². The number of aryl methyl sites for hydroxylation is 1. The first kappa shape index (κ1) is 17.3. The number of carbonyl (C=O) groups is 1. The molecule has 0 unspecified atom stereocenters.